The van der Waals surface area contributed by atoms with Crippen LogP contribution in [-0.4, -0.2) is 34.1 Å². The first kappa shape index (κ1) is 47.2. The Hall–Kier alpha value is -3.88. The molecule has 0 saturated heterocycles. The van der Waals surface area contributed by atoms with Crippen LogP contribution in [0.4, 0.5) is 23.2 Å². The van der Waals surface area contributed by atoms with Crippen LogP contribution in [0.3, 0.4) is 0 Å². The van der Waals surface area contributed by atoms with Gasteiger partial charge in [0.2, 0.25) is 6.41 Å². The molecular weight excluding hydrogens is 698 g/mol. The molecule has 1 heterocycles. The van der Waals surface area contributed by atoms with Crippen molar-refractivity contribution >= 4 is 41.9 Å². The molecule has 8 nitrogen and oxygen atoms in total. The van der Waals surface area contributed by atoms with E-state index in [4.69, 9.17) is 5.11 Å². The molecule has 0 atom stereocenters. The van der Waals surface area contributed by atoms with E-state index in [-0.39, 0.29) is 42.8 Å². The smallest absolute Gasteiger partial charge is 0.416 e. The van der Waals surface area contributed by atoms with Crippen molar-refractivity contribution < 1.29 is 49.6 Å². The number of nitrogens with one attached hydrogen (secondary N) is 2. The minimum Gasteiger partial charge on any atom is -0.481 e. The van der Waals surface area contributed by atoms with E-state index in [0.717, 1.165) is 59.7 Å². The maximum atomic E-state index is 12.8. The monoisotopic (exact) mass is 742 g/mol. The van der Waals surface area contributed by atoms with Gasteiger partial charge in [0.1, 0.15) is 11.6 Å². The van der Waals surface area contributed by atoms with Crippen LogP contribution in [0.1, 0.15) is 62.9 Å². The molecule has 3 N–H and O–H groups in total. The van der Waals surface area contributed by atoms with E-state index in [1.165, 1.54) is 6.42 Å². The number of hydrogen-bond donors (Lipinski definition) is 4. The minimum absolute atomic E-state index is 0. The molecule has 0 bridgehead atoms. The van der Waals surface area contributed by atoms with Crippen molar-refractivity contribution in [1.82, 2.24) is 14.3 Å². The van der Waals surface area contributed by atoms with E-state index in [1.807, 2.05) is 69.5 Å². The van der Waals surface area contributed by atoms with Crippen molar-refractivity contribution in [2.24, 2.45) is 13.0 Å². The van der Waals surface area contributed by atoms with Crippen molar-refractivity contribution in [3.63, 3.8) is 0 Å². The first-order valence-electron chi connectivity index (χ1n) is 14.9. The standard InChI is InChI=1S/C16H13N3.C8H5F4NO.C7H12O2.C2H6.CH5NS.CH3.Cr/c1-11-18-15-9-12(7-8-16(15)19(11)2)14-6-4-3-5-13(14)10-17;9-6-3-5(8(10,11)12)1-2-7(6)13-4-14;8-7(9)6-4-2-1-3-5-6;1-2;1-2-3;;/h3-9H,1-2H3;1-4H,(H,13,14);6H,1-5H2,(H,8,9);1-2H3;2-3H,1H3;1H3;/q;;;;;-1;. The maximum Gasteiger partial charge on any atom is 0.416 e. The molecule has 1 aromatic heterocycles. The number of nitriles is 1. The average molecular weight is 743 g/mol. The minimum atomic E-state index is -4.58. The Balaban J connectivity index is 0. The number of carboxylic acids is 1. The summed E-state index contributed by atoms with van der Waals surface area (Å²) in [5.74, 6) is -0.763. The number of thiol groups is 1. The first-order chi connectivity index (χ1) is 22.4. The van der Waals surface area contributed by atoms with Gasteiger partial charge in [-0.05, 0) is 74.3 Å². The third kappa shape index (κ3) is 15.1. The number of nitrogens with zero attached hydrogens (tertiary/aromatic N) is 3. The number of hydrogen-bond acceptors (Lipinski definition) is 6. The molecule has 14 heteroatoms. The zero-order chi connectivity index (χ0) is 35.6. The number of carbonyl (C=O) groups is 2. The SMILES string of the molecule is CC.CNS.Cc1nc2cc(-c3ccccc3C#N)ccc2n1C.O=C(O)C1CCCCC1.O=CNc1ccc(C(F)(F)F)cc1F.[CH3-].[Cr]. The van der Waals surface area contributed by atoms with Gasteiger partial charge in [-0.2, -0.15) is 18.4 Å². The summed E-state index contributed by atoms with van der Waals surface area (Å²) >= 11 is 3.54. The molecule has 5 rings (SSSR count). The topological polar surface area (TPSA) is 120 Å². The average Bonchev–Trinajstić information content (AvgIpc) is 3.35. The summed E-state index contributed by atoms with van der Waals surface area (Å²) in [4.78, 5) is 24.8. The summed E-state index contributed by atoms with van der Waals surface area (Å²) in [6.45, 7) is 5.99. The number of alkyl halides is 3. The molecule has 1 amide bonds. The molecule has 268 valence electrons. The molecule has 1 aliphatic rings. The van der Waals surface area contributed by atoms with E-state index in [1.54, 1.807) is 7.05 Å². The van der Waals surface area contributed by atoms with Gasteiger partial charge < -0.3 is 22.4 Å². The Kier molecular flexibility index (Phi) is 23.4. The van der Waals surface area contributed by atoms with Crippen LogP contribution in [-0.2, 0) is 40.2 Å². The van der Waals surface area contributed by atoms with Gasteiger partial charge in [-0.1, -0.05) is 70.2 Å². The van der Waals surface area contributed by atoms with Crippen LogP contribution >= 0.6 is 12.8 Å². The second-order valence-corrected chi connectivity index (χ2v) is 10.4. The maximum absolute atomic E-state index is 12.8. The van der Waals surface area contributed by atoms with Gasteiger partial charge in [-0.15, -0.1) is 0 Å². The molecule has 1 saturated carbocycles. The number of rotatable bonds is 4. The number of imidazole rings is 1. The number of aromatic nitrogens is 2. The van der Waals surface area contributed by atoms with Gasteiger partial charge >= 0.3 is 12.1 Å². The van der Waals surface area contributed by atoms with E-state index < -0.39 is 23.5 Å². The molecule has 49 heavy (non-hydrogen) atoms. The van der Waals surface area contributed by atoms with Gasteiger partial charge in [0.05, 0.1) is 39.8 Å². The van der Waals surface area contributed by atoms with Crippen molar-refractivity contribution in [2.75, 3.05) is 12.4 Å². The van der Waals surface area contributed by atoms with Gasteiger partial charge in [-0.3, -0.25) is 14.3 Å². The number of carbonyl (C=O) groups excluding carboxylic acids is 1. The number of fused-ring (bicyclic) bond motifs is 1. The molecule has 0 aliphatic heterocycles. The van der Waals surface area contributed by atoms with Gasteiger partial charge in [-0.25, -0.2) is 9.37 Å². The fourth-order valence-corrected chi connectivity index (χ4v) is 4.54. The van der Waals surface area contributed by atoms with Gasteiger partial charge in [0.25, 0.3) is 0 Å². The molecule has 1 aliphatic carbocycles. The van der Waals surface area contributed by atoms with E-state index >= 15 is 0 Å². The third-order valence-corrected chi connectivity index (χ3v) is 6.93. The van der Waals surface area contributed by atoms with Crippen LogP contribution in [0.15, 0.2) is 60.7 Å². The van der Waals surface area contributed by atoms with Gasteiger partial charge in [0, 0.05) is 24.4 Å². The molecule has 1 fully saturated rings. The normalized spacial score (nSPS) is 11.8. The third-order valence-electron chi connectivity index (χ3n) is 6.93. The van der Waals surface area contributed by atoms with Crippen LogP contribution in [0.5, 0.6) is 0 Å². The van der Waals surface area contributed by atoms with Crippen LogP contribution in [0.25, 0.3) is 22.2 Å². The van der Waals surface area contributed by atoms with E-state index in [2.05, 4.69) is 39.2 Å². The van der Waals surface area contributed by atoms with E-state index in [0.29, 0.717) is 17.7 Å². The van der Waals surface area contributed by atoms with Crippen molar-refractivity contribution in [1.29, 1.82) is 5.26 Å². The molecule has 0 radical (unpaired) electrons. The Bertz CT molecular complexity index is 1620. The number of aryl methyl sites for hydroxylation is 2. The fraction of sp³-hybridized carbons (Fsp3) is 0.343. The largest absolute Gasteiger partial charge is 0.481 e. The van der Waals surface area contributed by atoms with Crippen molar-refractivity contribution in [2.45, 2.75) is 59.1 Å². The predicted octanol–water partition coefficient (Wildman–Crippen LogP) is 9.01. The Morgan fingerprint density at radius 2 is 1.67 bits per heavy atom. The van der Waals surface area contributed by atoms with Crippen molar-refractivity contribution in [3.8, 4) is 17.2 Å². The zero-order valence-electron chi connectivity index (χ0n) is 28.4. The second kappa shape index (κ2) is 24.3. The Morgan fingerprint density at radius 3 is 2.16 bits per heavy atom. The Morgan fingerprint density at radius 1 is 1.08 bits per heavy atom. The van der Waals surface area contributed by atoms with Crippen LogP contribution < -0.4 is 10.0 Å². The van der Waals surface area contributed by atoms with Crippen LogP contribution in [0.2, 0.25) is 0 Å². The molecule has 0 spiro atoms. The fourth-order valence-electron chi connectivity index (χ4n) is 4.54. The molecule has 3 aromatic carbocycles. The number of amides is 1. The summed E-state index contributed by atoms with van der Waals surface area (Å²) in [6, 6.07) is 17.9. The van der Waals surface area contributed by atoms with E-state index in [9.17, 15) is 32.4 Å². The van der Waals surface area contributed by atoms with Crippen molar-refractivity contribution in [3.05, 3.63) is 90.9 Å². The summed E-state index contributed by atoms with van der Waals surface area (Å²) < 4.78 is 53.4. The van der Waals surface area contributed by atoms with Gasteiger partial charge in [0.15, 0.2) is 0 Å². The summed E-state index contributed by atoms with van der Waals surface area (Å²) in [7, 11) is 3.75. The molecule has 0 unspecified atom stereocenters. The zero-order valence-corrected chi connectivity index (χ0v) is 30.6. The summed E-state index contributed by atoms with van der Waals surface area (Å²) in [6.07, 6.45) is 0.842. The number of anilines is 1. The number of aliphatic carboxylic acids is 1. The first-order valence-corrected chi connectivity index (χ1v) is 15.4. The summed E-state index contributed by atoms with van der Waals surface area (Å²) in [5.41, 5.74) is 3.37. The molecule has 4 aromatic rings. The predicted molar refractivity (Wildman–Crippen MR) is 187 cm³/mol. The number of halogens is 4. The number of carboxylic acid groups (broad SMARTS) is 1. The quantitative estimate of drug-likeness (QED) is 0.0718. The summed E-state index contributed by atoms with van der Waals surface area (Å²) in [5, 5.41) is 19.6. The number of benzene rings is 3. The molecular formula is C35H44CrF4N5O3S-. The Labute approximate surface area is 302 Å². The van der Waals surface area contributed by atoms with Crippen LogP contribution in [0, 0.1) is 37.4 Å². The second-order valence-electron chi connectivity index (χ2n) is 9.93.